The molecule has 0 saturated heterocycles. The van der Waals surface area contributed by atoms with Crippen molar-refractivity contribution in [3.8, 4) is 0 Å². The molecule has 0 aromatic rings. The first-order chi connectivity index (χ1) is 11.9. The Hall–Kier alpha value is 0.951. The van der Waals surface area contributed by atoms with E-state index in [1.807, 2.05) is 0 Å². The maximum absolute atomic E-state index is 4.99. The Morgan fingerprint density at radius 2 is 1.21 bits per heavy atom. The van der Waals surface area contributed by atoms with Crippen molar-refractivity contribution in [3.63, 3.8) is 0 Å². The molecule has 0 amide bonds. The Morgan fingerprint density at radius 3 is 1.61 bits per heavy atom. The van der Waals surface area contributed by atoms with Crippen LogP contribution in [0.5, 0.6) is 0 Å². The van der Waals surface area contributed by atoms with E-state index < -0.39 is 0 Å². The third-order valence-electron chi connectivity index (χ3n) is 6.04. The van der Waals surface area contributed by atoms with Gasteiger partial charge in [0.15, 0.2) is 0 Å². The molecule has 0 aliphatic heterocycles. The van der Waals surface area contributed by atoms with Crippen molar-refractivity contribution in [2.75, 3.05) is 6.54 Å². The molecule has 1 atom stereocenters. The Balaban J connectivity index is -0.00000208. The summed E-state index contributed by atoms with van der Waals surface area (Å²) in [6.45, 7) is 14.9. The molecule has 0 heterocycles. The minimum Gasteiger partial charge on any atom is -1.00 e. The predicted octanol–water partition coefficient (Wildman–Crippen LogP) is 1.81. The van der Waals surface area contributed by atoms with Crippen LogP contribution < -0.4 is 24.8 Å². The maximum Gasteiger partial charge on any atom is 3.00 e. The van der Waals surface area contributed by atoms with Crippen LogP contribution in [0, 0.1) is 0 Å². The Labute approximate surface area is 205 Å². The van der Waals surface area contributed by atoms with Crippen LogP contribution >= 0.6 is 0 Å². The molecule has 0 aromatic carbocycles. The largest absolute Gasteiger partial charge is 3.00 e. The van der Waals surface area contributed by atoms with E-state index in [-0.39, 0.29) is 60.9 Å². The summed E-state index contributed by atoms with van der Waals surface area (Å²) in [4.78, 5) is 0. The zero-order valence-corrected chi connectivity index (χ0v) is 23.6. The number of hydrogen-bond acceptors (Lipinski definition) is 0. The Bertz CT molecular complexity index is 452. The van der Waals surface area contributed by atoms with Crippen molar-refractivity contribution in [1.82, 2.24) is 0 Å². The van der Waals surface area contributed by atoms with E-state index in [9.17, 15) is 0 Å². The molecular weight excluding hydrogens is 437 g/mol. The number of nitrogens with zero attached hydrogens (tertiary/aromatic N) is 1. The zero-order chi connectivity index (χ0) is 18.7. The summed E-state index contributed by atoms with van der Waals surface area (Å²) in [6.07, 6.45) is 16.6. The van der Waals surface area contributed by atoms with Crippen LogP contribution in [-0.2, 0) is 21.7 Å². The van der Waals surface area contributed by atoms with Gasteiger partial charge in [0.25, 0.3) is 0 Å². The number of unbranched alkanes of at least 4 members (excludes halogenated alkanes) is 9. The summed E-state index contributed by atoms with van der Waals surface area (Å²) in [6, 6.07) is 1.55. The van der Waals surface area contributed by atoms with Crippen molar-refractivity contribution >= 4 is 8.80 Å². The molecule has 0 fully saturated rings. The molecule has 0 N–H and O–H groups in total. The molecule has 163 valence electrons. The first-order valence-corrected chi connectivity index (χ1v) is 14.1. The molecule has 28 heavy (non-hydrogen) atoms. The van der Waals surface area contributed by atoms with Crippen LogP contribution in [-0.4, -0.2) is 20.9 Å². The van der Waals surface area contributed by atoms with E-state index >= 15 is 0 Å². The number of allylic oxidation sites excluding steroid dienone is 2. The van der Waals surface area contributed by atoms with E-state index in [4.69, 9.17) is 5.32 Å². The summed E-state index contributed by atoms with van der Waals surface area (Å²) >= 11 is 0. The second-order valence-corrected chi connectivity index (χ2v) is 12.2. The number of halogens is 2. The van der Waals surface area contributed by atoms with Crippen molar-refractivity contribution in [1.29, 1.82) is 0 Å². The van der Waals surface area contributed by atoms with Gasteiger partial charge in [-0.2, -0.15) is 0 Å². The van der Waals surface area contributed by atoms with Gasteiger partial charge < -0.3 is 30.1 Å². The van der Waals surface area contributed by atoms with Gasteiger partial charge in [0.05, 0.1) is 0 Å². The Kier molecular flexibility index (Phi) is 22.4. The van der Waals surface area contributed by atoms with Crippen LogP contribution in [0.3, 0.4) is 0 Å². The van der Waals surface area contributed by atoms with Crippen molar-refractivity contribution in [3.05, 3.63) is 28.1 Å². The number of rotatable bonds is 14. The molecule has 1 rings (SSSR count). The summed E-state index contributed by atoms with van der Waals surface area (Å²) in [5.41, 5.74) is 4.28. The normalized spacial score (nSPS) is 18.5. The second-order valence-electron chi connectivity index (χ2n) is 8.82. The fourth-order valence-corrected chi connectivity index (χ4v) is 4.97. The minimum absolute atomic E-state index is 0. The fraction of sp³-hybridized carbons (Fsp3) is 0.826. The predicted molar refractivity (Wildman–Crippen MR) is 119 cm³/mol. The summed E-state index contributed by atoms with van der Waals surface area (Å²) in [5, 5.41) is 4.99. The van der Waals surface area contributed by atoms with Gasteiger partial charge >= 0.3 is 21.7 Å². The standard InChI is InChI=1S/C23H44NSi.2ClH.Ti/c1-20-19-23(4,22(3)21(20)2)24-17-15-13-11-9-7-8-10-12-14-16-18-25(5)6;;;/h19,25H,7-18H2,1-6H3;2*1H;/q-1;;;+3/p-2. The molecular formula is C23H44Cl2NSiTi. The number of hydrogen-bond donors (Lipinski definition) is 0. The van der Waals surface area contributed by atoms with E-state index in [2.05, 4.69) is 46.9 Å². The summed E-state index contributed by atoms with van der Waals surface area (Å²) in [7, 11) is -0.290. The first kappa shape index (κ1) is 33.6. The van der Waals surface area contributed by atoms with Gasteiger partial charge in [0.2, 0.25) is 0 Å². The van der Waals surface area contributed by atoms with Crippen molar-refractivity contribution in [2.24, 2.45) is 0 Å². The average Bonchev–Trinajstić information content (AvgIpc) is 2.75. The second kappa shape index (κ2) is 18.7. The van der Waals surface area contributed by atoms with Crippen LogP contribution in [0.4, 0.5) is 0 Å². The molecule has 0 bridgehead atoms. The molecule has 1 radical (unpaired) electrons. The fourth-order valence-electron chi connectivity index (χ4n) is 3.87. The van der Waals surface area contributed by atoms with Gasteiger partial charge in [0, 0.05) is 8.80 Å². The van der Waals surface area contributed by atoms with Crippen molar-refractivity contribution in [2.45, 2.75) is 117 Å². The Morgan fingerprint density at radius 1 is 0.786 bits per heavy atom. The third-order valence-corrected chi connectivity index (χ3v) is 7.60. The van der Waals surface area contributed by atoms with Crippen LogP contribution in [0.1, 0.15) is 91.9 Å². The zero-order valence-electron chi connectivity index (χ0n) is 19.3. The van der Waals surface area contributed by atoms with E-state index in [0.717, 1.165) is 6.54 Å². The topological polar surface area (TPSA) is 14.1 Å². The SMILES string of the molecule is CC1=CC(C)([N-]CCCCCCCCCCCC[SiH](C)C)C(C)=C1C.[Cl-].[Cl-].[Ti+3]. The van der Waals surface area contributed by atoms with E-state index in [1.54, 1.807) is 6.04 Å². The summed E-state index contributed by atoms with van der Waals surface area (Å²) < 4.78 is 0. The molecule has 1 aliphatic rings. The van der Waals surface area contributed by atoms with Gasteiger partial charge in [-0.3, -0.25) is 0 Å². The molecule has 0 saturated carbocycles. The van der Waals surface area contributed by atoms with Gasteiger partial charge in [-0.25, -0.2) is 0 Å². The molecule has 5 heteroatoms. The molecule has 1 aliphatic carbocycles. The third kappa shape index (κ3) is 13.3. The monoisotopic (exact) mass is 480 g/mol. The van der Waals surface area contributed by atoms with E-state index in [1.165, 1.54) is 80.9 Å². The van der Waals surface area contributed by atoms with Crippen LogP contribution in [0.15, 0.2) is 22.8 Å². The first-order valence-electron chi connectivity index (χ1n) is 10.9. The summed E-state index contributed by atoms with van der Waals surface area (Å²) in [5.74, 6) is 0. The molecule has 1 nitrogen and oxygen atoms in total. The van der Waals surface area contributed by atoms with E-state index in [0.29, 0.717) is 0 Å². The van der Waals surface area contributed by atoms with Gasteiger partial charge in [-0.05, 0) is 20.8 Å². The molecule has 1 unspecified atom stereocenters. The maximum atomic E-state index is 4.99. The minimum atomic E-state index is -0.290. The van der Waals surface area contributed by atoms with Gasteiger partial charge in [-0.15, -0.1) is 6.54 Å². The van der Waals surface area contributed by atoms with Crippen molar-refractivity contribution < 1.29 is 46.5 Å². The van der Waals surface area contributed by atoms with Crippen LogP contribution in [0.2, 0.25) is 19.1 Å². The average molecular weight is 481 g/mol. The quantitative estimate of drug-likeness (QED) is 0.266. The molecule has 0 spiro atoms. The van der Waals surface area contributed by atoms with Crippen LogP contribution in [0.25, 0.3) is 5.32 Å². The van der Waals surface area contributed by atoms with Gasteiger partial charge in [-0.1, -0.05) is 119 Å². The smallest absolute Gasteiger partial charge is 1.00 e. The van der Waals surface area contributed by atoms with Gasteiger partial charge in [0.1, 0.15) is 0 Å². The molecule has 0 aromatic heterocycles.